The second-order valence-corrected chi connectivity index (χ2v) is 9.87. The van der Waals surface area contributed by atoms with Crippen molar-refractivity contribution in [1.82, 2.24) is 4.90 Å². The van der Waals surface area contributed by atoms with Crippen LogP contribution in [0.5, 0.6) is 11.5 Å². The van der Waals surface area contributed by atoms with E-state index >= 15 is 0 Å². The van der Waals surface area contributed by atoms with Crippen LogP contribution in [0.25, 0.3) is 0 Å². The Morgan fingerprint density at radius 3 is 2.86 bits per heavy atom. The van der Waals surface area contributed by atoms with Crippen LogP contribution in [0.1, 0.15) is 31.2 Å². The number of amides is 1. The van der Waals surface area contributed by atoms with Gasteiger partial charge in [-0.15, -0.1) is 0 Å². The van der Waals surface area contributed by atoms with Gasteiger partial charge in [0.2, 0.25) is 5.91 Å². The lowest BCUT2D eigenvalue weighted by atomic mass is 9.52. The monoisotopic (exact) mass is 396 g/mol. The van der Waals surface area contributed by atoms with Gasteiger partial charge in [-0.2, -0.15) is 0 Å². The molecule has 7 atom stereocenters. The number of methoxy groups -OCH3 is 2. The van der Waals surface area contributed by atoms with Gasteiger partial charge in [0.25, 0.3) is 0 Å². The Bertz CT molecular complexity index is 918. The van der Waals surface area contributed by atoms with Crippen LogP contribution in [0.2, 0.25) is 0 Å². The number of hydrogen-bond acceptors (Lipinski definition) is 5. The molecule has 0 radical (unpaired) electrons. The van der Waals surface area contributed by atoms with Gasteiger partial charge in [-0.1, -0.05) is 0 Å². The van der Waals surface area contributed by atoms with Crippen LogP contribution < -0.4 is 14.4 Å². The Kier molecular flexibility index (Phi) is 3.19. The molecule has 0 N–H and O–H groups in total. The minimum absolute atomic E-state index is 0.00303. The molecule has 6 heteroatoms. The third kappa shape index (κ3) is 1.81. The summed E-state index contributed by atoms with van der Waals surface area (Å²) in [5.41, 5.74) is 2.37. The van der Waals surface area contributed by atoms with Gasteiger partial charge in [0.05, 0.1) is 38.5 Å². The standard InChI is InChI=1S/C23H28N2O4/c1-27-16-8-14-15(9-17(16)28-2)25-20(26)10-18-21-13-7-19-23(14,22(21)25)4-5-24(19)11-12(13)3-6-29-18/h8-9,12-13,18-19,21-22H,3-7,10-11H2,1-2H3/t12?,13?,18?,19-,21?,22-,23+/m0/s1. The molecule has 6 nitrogen and oxygen atoms in total. The summed E-state index contributed by atoms with van der Waals surface area (Å²) in [5, 5.41) is 0. The Morgan fingerprint density at radius 1 is 1.21 bits per heavy atom. The van der Waals surface area contributed by atoms with Crippen molar-refractivity contribution < 1.29 is 19.0 Å². The van der Waals surface area contributed by atoms with Gasteiger partial charge in [0, 0.05) is 36.6 Å². The largest absolute Gasteiger partial charge is 0.493 e. The highest BCUT2D eigenvalue weighted by Crippen LogP contribution is 2.67. The molecule has 5 fully saturated rings. The van der Waals surface area contributed by atoms with E-state index in [4.69, 9.17) is 14.2 Å². The zero-order valence-electron chi connectivity index (χ0n) is 17.1. The minimum Gasteiger partial charge on any atom is -0.493 e. The van der Waals surface area contributed by atoms with Crippen molar-refractivity contribution in [3.8, 4) is 11.5 Å². The van der Waals surface area contributed by atoms with E-state index in [-0.39, 0.29) is 23.5 Å². The number of piperidine rings is 2. The van der Waals surface area contributed by atoms with Crippen LogP contribution in [0, 0.1) is 17.8 Å². The molecule has 4 saturated heterocycles. The van der Waals surface area contributed by atoms with E-state index in [0.29, 0.717) is 36.0 Å². The first-order valence-electron chi connectivity index (χ1n) is 11.1. The summed E-state index contributed by atoms with van der Waals surface area (Å²) in [4.78, 5) is 18.4. The van der Waals surface area contributed by atoms with E-state index in [0.717, 1.165) is 37.4 Å². The molecule has 4 unspecified atom stereocenters. The number of hydrogen-bond donors (Lipinski definition) is 0. The average Bonchev–Trinajstić information content (AvgIpc) is 3.20. The number of carbonyl (C=O) groups excluding carboxylic acids is 1. The molecule has 1 spiro atoms. The number of benzene rings is 1. The molecule has 1 saturated carbocycles. The maximum absolute atomic E-state index is 13.5. The summed E-state index contributed by atoms with van der Waals surface area (Å²) in [6, 6.07) is 4.98. The summed E-state index contributed by atoms with van der Waals surface area (Å²) in [6.07, 6.45) is 4.12. The van der Waals surface area contributed by atoms with Crippen LogP contribution in [0.3, 0.4) is 0 Å². The molecule has 1 aliphatic carbocycles. The zero-order chi connectivity index (χ0) is 19.5. The summed E-state index contributed by atoms with van der Waals surface area (Å²) < 4.78 is 17.7. The molecular formula is C23H28N2O4. The van der Waals surface area contributed by atoms with E-state index in [1.54, 1.807) is 14.2 Å². The van der Waals surface area contributed by atoms with Gasteiger partial charge in [-0.3, -0.25) is 9.69 Å². The number of rotatable bonds is 2. The molecule has 5 heterocycles. The summed E-state index contributed by atoms with van der Waals surface area (Å²) in [6.45, 7) is 3.15. The molecule has 0 aromatic heterocycles. The fourth-order valence-corrected chi connectivity index (χ4v) is 8.32. The summed E-state index contributed by atoms with van der Waals surface area (Å²) >= 11 is 0. The maximum atomic E-state index is 13.5. The second-order valence-electron chi connectivity index (χ2n) is 9.87. The fourth-order valence-electron chi connectivity index (χ4n) is 8.32. The number of ether oxygens (including phenoxy) is 3. The topological polar surface area (TPSA) is 51.2 Å². The lowest BCUT2D eigenvalue weighted by molar-refractivity contribution is -0.134. The zero-order valence-corrected chi connectivity index (χ0v) is 17.1. The molecule has 29 heavy (non-hydrogen) atoms. The number of nitrogens with zero attached hydrogens (tertiary/aromatic N) is 2. The van der Waals surface area contributed by atoms with Crippen molar-refractivity contribution >= 4 is 11.6 Å². The first-order chi connectivity index (χ1) is 14.2. The molecule has 2 bridgehead atoms. The molecule has 1 aromatic rings. The van der Waals surface area contributed by atoms with E-state index in [1.807, 2.05) is 0 Å². The lowest BCUT2D eigenvalue weighted by Crippen LogP contribution is -2.70. The number of carbonyl (C=O) groups is 1. The Hall–Kier alpha value is -1.79. The lowest BCUT2D eigenvalue weighted by Gasteiger charge is -2.59. The second kappa shape index (κ2) is 5.46. The summed E-state index contributed by atoms with van der Waals surface area (Å²) in [5.74, 6) is 3.54. The first-order valence-corrected chi connectivity index (χ1v) is 11.1. The Balaban J connectivity index is 1.51. The molecule has 5 aliphatic heterocycles. The van der Waals surface area contributed by atoms with E-state index in [9.17, 15) is 4.79 Å². The molecule has 1 amide bonds. The van der Waals surface area contributed by atoms with Gasteiger partial charge >= 0.3 is 0 Å². The third-order valence-electron chi connectivity index (χ3n) is 9.24. The highest BCUT2D eigenvalue weighted by molar-refractivity contribution is 5.99. The first kappa shape index (κ1) is 16.9. The summed E-state index contributed by atoms with van der Waals surface area (Å²) in [7, 11) is 3.38. The van der Waals surface area contributed by atoms with Crippen LogP contribution in [0.4, 0.5) is 5.69 Å². The molecular weight excluding hydrogens is 368 g/mol. The van der Waals surface area contributed by atoms with Gasteiger partial charge in [-0.05, 0) is 49.3 Å². The predicted molar refractivity (Wildman–Crippen MR) is 107 cm³/mol. The number of fused-ring (bicyclic) bond motifs is 2. The smallest absolute Gasteiger partial charge is 0.229 e. The van der Waals surface area contributed by atoms with Gasteiger partial charge in [-0.25, -0.2) is 0 Å². The van der Waals surface area contributed by atoms with Gasteiger partial charge < -0.3 is 19.1 Å². The van der Waals surface area contributed by atoms with Gasteiger partial charge in [0.1, 0.15) is 0 Å². The van der Waals surface area contributed by atoms with Crippen molar-refractivity contribution in [3.05, 3.63) is 17.7 Å². The average molecular weight is 396 g/mol. The van der Waals surface area contributed by atoms with Crippen LogP contribution in [-0.2, 0) is 14.9 Å². The molecule has 6 aliphatic rings. The van der Waals surface area contributed by atoms with Crippen molar-refractivity contribution in [3.63, 3.8) is 0 Å². The molecule has 154 valence electrons. The normalized spacial score (nSPS) is 43.8. The van der Waals surface area contributed by atoms with Crippen LogP contribution in [-0.4, -0.2) is 62.9 Å². The van der Waals surface area contributed by atoms with E-state index < -0.39 is 0 Å². The van der Waals surface area contributed by atoms with Crippen molar-refractivity contribution in [2.45, 2.75) is 49.3 Å². The van der Waals surface area contributed by atoms with Gasteiger partial charge in [0.15, 0.2) is 11.5 Å². The molecule has 7 rings (SSSR count). The van der Waals surface area contributed by atoms with Crippen molar-refractivity contribution in [2.24, 2.45) is 17.8 Å². The minimum atomic E-state index is 0.00303. The SMILES string of the molecule is COc1cc2c(cc1OC)[C@@]13CCN4CC5CCOC6CC(=O)N2[C@H]1C6C5C[C@H]43. The Labute approximate surface area is 171 Å². The third-order valence-corrected chi connectivity index (χ3v) is 9.24. The van der Waals surface area contributed by atoms with E-state index in [1.165, 1.54) is 18.5 Å². The quantitative estimate of drug-likeness (QED) is 0.767. The van der Waals surface area contributed by atoms with E-state index in [2.05, 4.69) is 21.9 Å². The maximum Gasteiger partial charge on any atom is 0.229 e. The fraction of sp³-hybridized carbons (Fsp3) is 0.696. The van der Waals surface area contributed by atoms with Crippen LogP contribution in [0.15, 0.2) is 12.1 Å². The predicted octanol–water partition coefficient (Wildman–Crippen LogP) is 2.19. The van der Waals surface area contributed by atoms with Crippen LogP contribution >= 0.6 is 0 Å². The highest BCUT2D eigenvalue weighted by Gasteiger charge is 2.71. The number of anilines is 1. The van der Waals surface area contributed by atoms with Crippen molar-refractivity contribution in [1.29, 1.82) is 0 Å². The Morgan fingerprint density at radius 2 is 2.03 bits per heavy atom. The molecule has 1 aromatic carbocycles. The highest BCUT2D eigenvalue weighted by atomic mass is 16.5. The van der Waals surface area contributed by atoms with Crippen molar-refractivity contribution in [2.75, 3.05) is 38.8 Å².